The van der Waals surface area contributed by atoms with Crippen LogP contribution >= 0.6 is 34.8 Å². The molecule has 118 valence electrons. The minimum Gasteiger partial charge on any atom is -0.493 e. The van der Waals surface area contributed by atoms with Gasteiger partial charge in [-0.1, -0.05) is 60.8 Å². The van der Waals surface area contributed by atoms with Crippen LogP contribution in [-0.4, -0.2) is 6.61 Å². The van der Waals surface area contributed by atoms with Crippen molar-refractivity contribution in [1.82, 2.24) is 0 Å². The van der Waals surface area contributed by atoms with Crippen molar-refractivity contribution in [1.29, 1.82) is 0 Å². The third kappa shape index (κ3) is 4.98. The summed E-state index contributed by atoms with van der Waals surface area (Å²) >= 11 is 18.1. The molecule has 22 heavy (non-hydrogen) atoms. The topological polar surface area (TPSA) is 21.3 Å². The van der Waals surface area contributed by atoms with E-state index in [-0.39, 0.29) is 0 Å². The van der Waals surface area contributed by atoms with Crippen molar-refractivity contribution >= 4 is 40.5 Å². The van der Waals surface area contributed by atoms with Crippen LogP contribution in [0, 0.1) is 5.92 Å². The maximum atomic E-state index is 6.14. The molecule has 0 amide bonds. The lowest BCUT2D eigenvalue weighted by atomic mass is 10.2. The summed E-state index contributed by atoms with van der Waals surface area (Å²) in [6.07, 6.45) is 0. The second kappa shape index (κ2) is 7.96. The van der Waals surface area contributed by atoms with E-state index in [1.807, 2.05) is 24.3 Å². The van der Waals surface area contributed by atoms with E-state index in [1.54, 1.807) is 12.1 Å². The lowest BCUT2D eigenvalue weighted by Gasteiger charge is -2.11. The first kappa shape index (κ1) is 17.3. The Balaban J connectivity index is 1.96. The highest BCUT2D eigenvalue weighted by atomic mass is 35.5. The maximum Gasteiger partial charge on any atom is 0.119 e. The molecule has 0 spiro atoms. The molecule has 0 atom stereocenters. The second-order valence-electron chi connectivity index (χ2n) is 5.45. The summed E-state index contributed by atoms with van der Waals surface area (Å²) in [7, 11) is 0. The highest BCUT2D eigenvalue weighted by Crippen LogP contribution is 2.32. The number of ether oxygens (including phenoxy) is 1. The van der Waals surface area contributed by atoms with Gasteiger partial charge >= 0.3 is 0 Å². The molecule has 0 aromatic heterocycles. The van der Waals surface area contributed by atoms with Crippen LogP contribution in [0.4, 0.5) is 5.69 Å². The normalized spacial score (nSPS) is 10.8. The van der Waals surface area contributed by atoms with Gasteiger partial charge in [-0.2, -0.15) is 0 Å². The van der Waals surface area contributed by atoms with E-state index >= 15 is 0 Å². The van der Waals surface area contributed by atoms with Gasteiger partial charge in [0.2, 0.25) is 0 Å². The highest BCUT2D eigenvalue weighted by molar-refractivity contribution is 6.44. The van der Waals surface area contributed by atoms with Crippen LogP contribution in [0.2, 0.25) is 15.1 Å². The summed E-state index contributed by atoms with van der Waals surface area (Å²) < 4.78 is 5.66. The van der Waals surface area contributed by atoms with Crippen molar-refractivity contribution in [3.8, 4) is 5.75 Å². The molecule has 2 rings (SSSR count). The number of anilines is 1. The molecule has 0 aliphatic heterocycles. The van der Waals surface area contributed by atoms with E-state index in [0.29, 0.717) is 27.5 Å². The van der Waals surface area contributed by atoms with Gasteiger partial charge in [0.25, 0.3) is 0 Å². The van der Waals surface area contributed by atoms with Crippen molar-refractivity contribution in [2.75, 3.05) is 11.9 Å². The highest BCUT2D eigenvalue weighted by Gasteiger charge is 2.06. The molecule has 1 N–H and O–H groups in total. The molecule has 0 heterocycles. The molecule has 0 aliphatic rings. The summed E-state index contributed by atoms with van der Waals surface area (Å²) in [6.45, 7) is 5.61. The molecule has 0 saturated heterocycles. The molecule has 2 aromatic rings. The fourth-order valence-corrected chi connectivity index (χ4v) is 2.44. The third-order valence-electron chi connectivity index (χ3n) is 3.00. The molecule has 0 saturated carbocycles. The molecular formula is C17H18Cl3NO. The zero-order chi connectivity index (χ0) is 16.1. The summed E-state index contributed by atoms with van der Waals surface area (Å²) in [5.74, 6) is 1.39. The second-order valence-corrected chi connectivity index (χ2v) is 6.67. The van der Waals surface area contributed by atoms with Gasteiger partial charge in [0.1, 0.15) is 5.75 Å². The smallest absolute Gasteiger partial charge is 0.119 e. The number of hydrogen-bond donors (Lipinski definition) is 1. The largest absolute Gasteiger partial charge is 0.493 e. The average Bonchev–Trinajstić information content (AvgIpc) is 2.48. The van der Waals surface area contributed by atoms with Gasteiger partial charge in [0.05, 0.1) is 27.4 Å². The van der Waals surface area contributed by atoms with Gasteiger partial charge in [-0.25, -0.2) is 0 Å². The zero-order valence-corrected chi connectivity index (χ0v) is 14.8. The molecule has 2 aromatic carbocycles. The molecule has 0 radical (unpaired) electrons. The Hall–Kier alpha value is -1.09. The minimum atomic E-state index is 0.448. The Morgan fingerprint density at radius 1 is 0.955 bits per heavy atom. The van der Waals surface area contributed by atoms with E-state index in [4.69, 9.17) is 39.5 Å². The molecule has 5 heteroatoms. The minimum absolute atomic E-state index is 0.448. The quantitative estimate of drug-likeness (QED) is 0.612. The van der Waals surface area contributed by atoms with E-state index in [1.165, 1.54) is 0 Å². The van der Waals surface area contributed by atoms with Crippen LogP contribution in [0.15, 0.2) is 36.4 Å². The molecule has 0 unspecified atom stereocenters. The Morgan fingerprint density at radius 2 is 1.59 bits per heavy atom. The monoisotopic (exact) mass is 357 g/mol. The first-order chi connectivity index (χ1) is 10.5. The molecule has 0 fully saturated rings. The summed E-state index contributed by atoms with van der Waals surface area (Å²) in [6, 6.07) is 11.3. The van der Waals surface area contributed by atoms with Crippen LogP contribution in [-0.2, 0) is 6.54 Å². The lowest BCUT2D eigenvalue weighted by molar-refractivity contribution is 0.271. The van der Waals surface area contributed by atoms with E-state index in [0.717, 1.165) is 23.6 Å². The van der Waals surface area contributed by atoms with Gasteiger partial charge < -0.3 is 10.1 Å². The van der Waals surface area contributed by atoms with Gasteiger partial charge in [-0.3, -0.25) is 0 Å². The Bertz CT molecular complexity index is 627. The van der Waals surface area contributed by atoms with Crippen molar-refractivity contribution in [3.05, 3.63) is 57.0 Å². The Labute approximate surface area is 146 Å². The maximum absolute atomic E-state index is 6.14. The fourth-order valence-electron chi connectivity index (χ4n) is 1.82. The number of nitrogens with one attached hydrogen (secondary N) is 1. The van der Waals surface area contributed by atoms with E-state index in [2.05, 4.69) is 19.2 Å². The van der Waals surface area contributed by atoms with E-state index in [9.17, 15) is 0 Å². The van der Waals surface area contributed by atoms with Gasteiger partial charge in [-0.05, 0) is 35.7 Å². The SMILES string of the molecule is CC(C)COc1ccc(CNc2cc(Cl)c(Cl)cc2Cl)cc1. The predicted octanol–water partition coefficient (Wildman–Crippen LogP) is 6.29. The summed E-state index contributed by atoms with van der Waals surface area (Å²) in [5.41, 5.74) is 1.88. The fraction of sp³-hybridized carbons (Fsp3) is 0.294. The van der Waals surface area contributed by atoms with E-state index < -0.39 is 0 Å². The number of rotatable bonds is 6. The van der Waals surface area contributed by atoms with Gasteiger partial charge in [-0.15, -0.1) is 0 Å². The Kier molecular flexibility index (Phi) is 6.25. The van der Waals surface area contributed by atoms with Crippen molar-refractivity contribution in [2.24, 2.45) is 5.92 Å². The standard InChI is InChI=1S/C17H18Cl3NO/c1-11(2)10-22-13-5-3-12(4-6-13)9-21-17-8-15(19)14(18)7-16(17)20/h3-8,11,21H,9-10H2,1-2H3. The average molecular weight is 359 g/mol. The van der Waals surface area contributed by atoms with Crippen LogP contribution in [0.25, 0.3) is 0 Å². The van der Waals surface area contributed by atoms with Gasteiger partial charge in [0, 0.05) is 6.54 Å². The first-order valence-electron chi connectivity index (χ1n) is 7.06. The van der Waals surface area contributed by atoms with Crippen molar-refractivity contribution < 1.29 is 4.74 Å². The van der Waals surface area contributed by atoms with Crippen LogP contribution < -0.4 is 10.1 Å². The number of benzene rings is 2. The molecule has 2 nitrogen and oxygen atoms in total. The van der Waals surface area contributed by atoms with Crippen LogP contribution in [0.3, 0.4) is 0 Å². The van der Waals surface area contributed by atoms with Crippen molar-refractivity contribution in [2.45, 2.75) is 20.4 Å². The lowest BCUT2D eigenvalue weighted by Crippen LogP contribution is -2.04. The Morgan fingerprint density at radius 3 is 2.23 bits per heavy atom. The number of hydrogen-bond acceptors (Lipinski definition) is 2. The van der Waals surface area contributed by atoms with Gasteiger partial charge in [0.15, 0.2) is 0 Å². The van der Waals surface area contributed by atoms with Crippen LogP contribution in [0.5, 0.6) is 5.75 Å². The summed E-state index contributed by atoms with van der Waals surface area (Å²) in [4.78, 5) is 0. The third-order valence-corrected chi connectivity index (χ3v) is 4.03. The first-order valence-corrected chi connectivity index (χ1v) is 8.19. The molecule has 0 bridgehead atoms. The van der Waals surface area contributed by atoms with Crippen LogP contribution in [0.1, 0.15) is 19.4 Å². The molecule has 0 aliphatic carbocycles. The molecular weight excluding hydrogens is 341 g/mol. The summed E-state index contributed by atoms with van der Waals surface area (Å²) in [5, 5.41) is 4.72. The predicted molar refractivity (Wildman–Crippen MR) is 95.6 cm³/mol. The van der Waals surface area contributed by atoms with Crippen molar-refractivity contribution in [3.63, 3.8) is 0 Å². The zero-order valence-electron chi connectivity index (χ0n) is 12.5. The number of halogens is 3.